The summed E-state index contributed by atoms with van der Waals surface area (Å²) in [5, 5.41) is 10.9. The molecule has 18 heteroatoms. The van der Waals surface area contributed by atoms with Crippen LogP contribution in [0.1, 0.15) is 125 Å². The molecule has 0 aromatic heterocycles. The molecular formula is C55H78N4O12P2. The third-order valence-electron chi connectivity index (χ3n) is 11.0. The van der Waals surface area contributed by atoms with Gasteiger partial charge in [0.1, 0.15) is 17.2 Å². The van der Waals surface area contributed by atoms with E-state index in [1.807, 2.05) is 42.5 Å². The lowest BCUT2D eigenvalue weighted by Gasteiger charge is -2.33. The van der Waals surface area contributed by atoms with E-state index < -0.39 is 85.5 Å². The van der Waals surface area contributed by atoms with E-state index >= 15 is 0 Å². The molecule has 3 atom stereocenters. The summed E-state index contributed by atoms with van der Waals surface area (Å²) < 4.78 is 56.4. The minimum Gasteiger partial charge on any atom is -0.460 e. The second-order valence-corrected chi connectivity index (χ2v) is 25.3. The van der Waals surface area contributed by atoms with Gasteiger partial charge in [0, 0.05) is 13.0 Å². The number of rotatable bonds is 26. The van der Waals surface area contributed by atoms with Gasteiger partial charge in [-0.25, -0.2) is 0 Å². The highest BCUT2D eigenvalue weighted by Crippen LogP contribution is 2.57. The first kappa shape index (κ1) is 60.3. The van der Waals surface area contributed by atoms with Gasteiger partial charge in [-0.15, -0.1) is 0 Å². The van der Waals surface area contributed by atoms with Gasteiger partial charge in [-0.3, -0.25) is 33.1 Å². The van der Waals surface area contributed by atoms with Crippen LogP contribution < -0.4 is 27.0 Å². The van der Waals surface area contributed by atoms with Crippen LogP contribution >= 0.6 is 15.2 Å². The van der Waals surface area contributed by atoms with Crippen molar-refractivity contribution in [1.29, 1.82) is 0 Å². The Kier molecular flexibility index (Phi) is 21.4. The van der Waals surface area contributed by atoms with Gasteiger partial charge in [-0.05, 0) is 148 Å². The van der Waals surface area contributed by atoms with Crippen LogP contribution in [0, 0.1) is 5.92 Å². The number of hydrogen-bond donors (Lipinski definition) is 4. The smallest absolute Gasteiger partial charge is 0.361 e. The summed E-state index contributed by atoms with van der Waals surface area (Å²) in [7, 11) is -7.34. The maximum absolute atomic E-state index is 14.8. The maximum atomic E-state index is 14.8. The Morgan fingerprint density at radius 3 is 1.78 bits per heavy atom. The zero-order valence-electron chi connectivity index (χ0n) is 44.8. The van der Waals surface area contributed by atoms with Crippen molar-refractivity contribution in [3.05, 3.63) is 113 Å². The number of amides is 4. The molecule has 4 rings (SSSR count). The van der Waals surface area contributed by atoms with Gasteiger partial charge in [0.2, 0.25) is 23.6 Å². The number of primary amides is 1. The molecule has 0 bridgehead atoms. The van der Waals surface area contributed by atoms with Crippen LogP contribution in [-0.2, 0) is 81.4 Å². The molecule has 16 nitrogen and oxygen atoms in total. The van der Waals surface area contributed by atoms with Crippen LogP contribution in [0.25, 0.3) is 10.8 Å². The van der Waals surface area contributed by atoms with Crippen LogP contribution in [0.2, 0.25) is 0 Å². The van der Waals surface area contributed by atoms with Crippen LogP contribution in [0.5, 0.6) is 0 Å². The Labute approximate surface area is 432 Å². The first-order chi connectivity index (χ1) is 33.9. The maximum Gasteiger partial charge on any atom is 0.361 e. The highest BCUT2D eigenvalue weighted by molar-refractivity contribution is 7.62. The number of nitrogens with one attached hydrogen (secondary N) is 3. The quantitative estimate of drug-likeness (QED) is 0.0262. The van der Waals surface area contributed by atoms with Crippen molar-refractivity contribution < 1.29 is 55.9 Å². The predicted molar refractivity (Wildman–Crippen MR) is 285 cm³/mol. The lowest BCUT2D eigenvalue weighted by atomic mass is 9.88. The first-order valence-electron chi connectivity index (χ1n) is 24.9. The second kappa shape index (κ2) is 25.8. The fourth-order valence-electron chi connectivity index (χ4n) is 8.19. The minimum absolute atomic E-state index is 0.0159. The fourth-order valence-corrected chi connectivity index (χ4v) is 12.2. The summed E-state index contributed by atoms with van der Waals surface area (Å²) in [6.07, 6.45) is 0.115. The number of nitrogens with two attached hydrogens (primary N) is 1. The highest BCUT2D eigenvalue weighted by Gasteiger charge is 2.41. The molecule has 0 heterocycles. The molecule has 0 unspecified atom stereocenters. The molecule has 4 aromatic carbocycles. The molecule has 4 amide bonds. The number of carbonyl (C=O) groups excluding carboxylic acids is 5. The SMILES string of the molecule is CCOP(=O)(OCC)c1ccc(C[C@](C)(NC(=O)[C@H](CC(=O)OC(C)(C)C)Cc2ccc(CP(=O)(OC(C)(C)C)OC(C)(C)C)cc2)C(=O)N[C@@H](CC(N)=O)C(=O)NCCCc2cccc3ccccc23)cc1. The topological polar surface area (TPSA) is 228 Å². The van der Waals surface area contributed by atoms with E-state index in [-0.39, 0.29) is 50.5 Å². The number of esters is 1. The van der Waals surface area contributed by atoms with E-state index in [0.29, 0.717) is 29.5 Å². The average Bonchev–Trinajstić information content (AvgIpc) is 3.26. The third-order valence-corrected chi connectivity index (χ3v) is 15.6. The first-order valence-corrected chi connectivity index (χ1v) is 28.2. The Morgan fingerprint density at radius 2 is 1.22 bits per heavy atom. The fraction of sp³-hybridized carbons (Fsp3) is 0.509. The number of hydrogen-bond acceptors (Lipinski definition) is 12. The van der Waals surface area contributed by atoms with Gasteiger partial charge >= 0.3 is 21.2 Å². The minimum atomic E-state index is -3.68. The molecule has 0 aliphatic rings. The van der Waals surface area contributed by atoms with Crippen LogP contribution in [0.4, 0.5) is 0 Å². The molecule has 0 spiro atoms. The molecular weight excluding hydrogens is 971 g/mol. The van der Waals surface area contributed by atoms with Gasteiger partial charge in [0.25, 0.3) is 0 Å². The molecule has 0 saturated heterocycles. The Morgan fingerprint density at radius 1 is 0.658 bits per heavy atom. The van der Waals surface area contributed by atoms with Gasteiger partial charge < -0.3 is 44.5 Å². The average molecular weight is 1050 g/mol. The molecule has 73 heavy (non-hydrogen) atoms. The summed E-state index contributed by atoms with van der Waals surface area (Å²) in [6.45, 7) is 21.3. The third kappa shape index (κ3) is 19.9. The summed E-state index contributed by atoms with van der Waals surface area (Å²) in [4.78, 5) is 69.3. The lowest BCUT2D eigenvalue weighted by Crippen LogP contribution is -2.62. The van der Waals surface area contributed by atoms with E-state index in [9.17, 15) is 33.1 Å². The van der Waals surface area contributed by atoms with Crippen LogP contribution in [0.15, 0.2) is 91.0 Å². The molecule has 5 N–H and O–H groups in total. The van der Waals surface area contributed by atoms with E-state index in [1.165, 1.54) is 6.92 Å². The van der Waals surface area contributed by atoms with E-state index in [2.05, 4.69) is 16.0 Å². The summed E-state index contributed by atoms with van der Waals surface area (Å²) in [5.74, 6) is -4.76. The van der Waals surface area contributed by atoms with Gasteiger partial charge in [-0.1, -0.05) is 78.9 Å². The van der Waals surface area contributed by atoms with E-state index in [0.717, 1.165) is 16.3 Å². The largest absolute Gasteiger partial charge is 0.460 e. The molecule has 4 aromatic rings. The van der Waals surface area contributed by atoms with Crippen LogP contribution in [-0.4, -0.2) is 77.7 Å². The summed E-state index contributed by atoms with van der Waals surface area (Å²) in [6, 6.07) is 26.0. The van der Waals surface area contributed by atoms with E-state index in [1.54, 1.807) is 125 Å². The molecule has 0 saturated carbocycles. The number of benzene rings is 4. The van der Waals surface area contributed by atoms with Crippen molar-refractivity contribution in [3.8, 4) is 0 Å². The molecule has 0 fully saturated rings. The summed E-state index contributed by atoms with van der Waals surface area (Å²) >= 11 is 0. The zero-order chi connectivity index (χ0) is 54.4. The molecule has 400 valence electrons. The normalized spacial score (nSPS) is 14.1. The van der Waals surface area contributed by atoms with Crippen molar-refractivity contribution in [2.75, 3.05) is 19.8 Å². The molecule has 0 radical (unpaired) electrons. The molecule has 0 aliphatic carbocycles. The monoisotopic (exact) mass is 1050 g/mol. The highest BCUT2D eigenvalue weighted by atomic mass is 31.2. The number of aryl methyl sites for hydroxylation is 1. The van der Waals surface area contributed by atoms with Crippen molar-refractivity contribution in [3.63, 3.8) is 0 Å². The van der Waals surface area contributed by atoms with Crippen LogP contribution in [0.3, 0.4) is 0 Å². The number of fused-ring (bicyclic) bond motifs is 1. The number of ether oxygens (including phenoxy) is 1. The predicted octanol–water partition coefficient (Wildman–Crippen LogP) is 9.17. The Balaban J connectivity index is 1.67. The number of carbonyl (C=O) groups is 5. The van der Waals surface area contributed by atoms with Gasteiger partial charge in [0.15, 0.2) is 0 Å². The van der Waals surface area contributed by atoms with Crippen molar-refractivity contribution in [2.24, 2.45) is 11.7 Å². The van der Waals surface area contributed by atoms with Crippen molar-refractivity contribution in [1.82, 2.24) is 16.0 Å². The Bertz CT molecular complexity index is 2580. The van der Waals surface area contributed by atoms with Crippen molar-refractivity contribution >= 4 is 60.9 Å². The summed E-state index contributed by atoms with van der Waals surface area (Å²) in [5.41, 5.74) is 4.30. The van der Waals surface area contributed by atoms with E-state index in [4.69, 9.17) is 28.6 Å². The zero-order valence-corrected chi connectivity index (χ0v) is 46.5. The Hall–Kier alpha value is -5.21. The lowest BCUT2D eigenvalue weighted by molar-refractivity contribution is -0.157. The molecule has 0 aliphatic heterocycles. The van der Waals surface area contributed by atoms with Gasteiger partial charge in [-0.2, -0.15) is 0 Å². The van der Waals surface area contributed by atoms with Crippen molar-refractivity contribution in [2.45, 2.75) is 156 Å². The van der Waals surface area contributed by atoms with Gasteiger partial charge in [0.05, 0.1) is 54.6 Å². The second-order valence-electron chi connectivity index (χ2n) is 21.4. The standard InChI is InChI=1S/C55H78N4O12P2/c1-13-67-73(66,68-14-2)44-30-28-39(29-31-44)36-55(12,51(64)58-46(35-47(56)60)50(63)57-32-18-22-42-21-17-20-41-19-15-16-23-45(41)42)59-49(62)43(34-48(61)69-52(3,4)5)33-38-24-26-40(27-25-38)37-72(65,70-53(6,7)8)71-54(9,10)11/h15-17,19-21,23-31,43,46H,13-14,18,22,32-37H2,1-12H3,(H2,56,60)(H,57,63)(H,58,64)(H,59,62)/t43-,46-,55-/m0/s1.